The molecule has 10 heteroatoms. The van der Waals surface area contributed by atoms with E-state index in [2.05, 4.69) is 15.0 Å². The molecule has 4 atom stereocenters. The molecule has 0 aromatic carbocycles. The number of rotatable bonds is 2. The summed E-state index contributed by atoms with van der Waals surface area (Å²) in [7, 11) is 0. The zero-order valence-corrected chi connectivity index (χ0v) is 12.9. The van der Waals surface area contributed by atoms with Gasteiger partial charge in [-0.2, -0.15) is 4.98 Å². The highest BCUT2D eigenvalue weighted by molar-refractivity contribution is 5.70. The topological polar surface area (TPSA) is 160 Å². The van der Waals surface area contributed by atoms with Crippen LogP contribution in [-0.2, 0) is 4.74 Å². The zero-order valence-electron chi connectivity index (χ0n) is 12.9. The molecule has 6 N–H and O–H groups in total. The van der Waals surface area contributed by atoms with E-state index >= 15 is 0 Å². The van der Waals surface area contributed by atoms with Crippen LogP contribution in [0.25, 0.3) is 11.2 Å². The van der Waals surface area contributed by atoms with Crippen molar-refractivity contribution in [1.82, 2.24) is 19.5 Å². The molecule has 0 radical (unpaired) electrons. The first-order valence-corrected chi connectivity index (χ1v) is 7.01. The van der Waals surface area contributed by atoms with E-state index in [4.69, 9.17) is 10.5 Å². The minimum atomic E-state index is -1.79. The van der Waals surface area contributed by atoms with E-state index in [1.165, 1.54) is 31.7 Å². The maximum atomic E-state index is 11.9. The summed E-state index contributed by atoms with van der Waals surface area (Å²) in [4.78, 5) is 22.2. The van der Waals surface area contributed by atoms with Gasteiger partial charge < -0.3 is 25.8 Å². The van der Waals surface area contributed by atoms with Crippen molar-refractivity contribution in [3.8, 4) is 0 Å². The van der Waals surface area contributed by atoms with Crippen LogP contribution in [0.2, 0.25) is 0 Å². The van der Waals surface area contributed by atoms with Crippen molar-refractivity contribution in [3.05, 3.63) is 16.7 Å². The normalized spacial score (nSPS) is 37.6. The number of nitrogens with one attached hydrogen (secondary N) is 1. The Morgan fingerprint density at radius 1 is 1.43 bits per heavy atom. The first-order chi connectivity index (χ1) is 10.5. The number of nitrogen functional groups attached to an aromatic ring is 1. The maximum absolute atomic E-state index is 11.9. The van der Waals surface area contributed by atoms with Gasteiger partial charge in [0.05, 0.1) is 12.9 Å². The van der Waals surface area contributed by atoms with Crippen LogP contribution in [-0.4, -0.2) is 58.2 Å². The van der Waals surface area contributed by atoms with Crippen molar-refractivity contribution in [1.29, 1.82) is 0 Å². The molecule has 2 aromatic heterocycles. The van der Waals surface area contributed by atoms with Gasteiger partial charge in [0.25, 0.3) is 5.56 Å². The molecule has 23 heavy (non-hydrogen) atoms. The summed E-state index contributed by atoms with van der Waals surface area (Å²) in [5.41, 5.74) is 0.158. The standard InChI is InChI=1S/C13H19N5O5/c1-11(4-19)13(3,22)12(2,21)9(23-11)18-5-15-6-7(18)16-10(14)17-8(6)20/h5,9,19,21-22H,4H2,1-3H3,(H3,14,16,17,20)/t9-,11-,12-,13?/m1/s1. The van der Waals surface area contributed by atoms with Crippen molar-refractivity contribution >= 4 is 17.1 Å². The largest absolute Gasteiger partial charge is 0.393 e. The molecule has 0 aliphatic carbocycles. The number of ether oxygens (including phenoxy) is 1. The molecular formula is C13H19N5O5. The molecule has 1 aliphatic rings. The lowest BCUT2D eigenvalue weighted by molar-refractivity contribution is -0.162. The fourth-order valence-electron chi connectivity index (χ4n) is 2.89. The van der Waals surface area contributed by atoms with Gasteiger partial charge in [0.1, 0.15) is 16.8 Å². The number of hydrogen-bond donors (Lipinski definition) is 5. The van der Waals surface area contributed by atoms with Crippen LogP contribution in [0.4, 0.5) is 5.95 Å². The summed E-state index contributed by atoms with van der Waals surface area (Å²) < 4.78 is 7.06. The van der Waals surface area contributed by atoms with Crippen molar-refractivity contribution in [3.63, 3.8) is 0 Å². The van der Waals surface area contributed by atoms with Gasteiger partial charge in [-0.1, -0.05) is 0 Å². The quantitative estimate of drug-likeness (QED) is 0.445. The Kier molecular flexibility index (Phi) is 3.11. The number of H-pyrrole nitrogens is 1. The number of fused-ring (bicyclic) bond motifs is 1. The number of anilines is 1. The minimum Gasteiger partial charge on any atom is -0.393 e. The second-order valence-electron chi connectivity index (χ2n) is 6.35. The second-order valence-corrected chi connectivity index (χ2v) is 6.35. The third kappa shape index (κ3) is 1.86. The lowest BCUT2D eigenvalue weighted by Gasteiger charge is -2.39. The average Bonchev–Trinajstić information content (AvgIpc) is 2.92. The fraction of sp³-hybridized carbons (Fsp3) is 0.615. The summed E-state index contributed by atoms with van der Waals surface area (Å²) in [6, 6.07) is 0. The van der Waals surface area contributed by atoms with Crippen LogP contribution in [0.5, 0.6) is 0 Å². The van der Waals surface area contributed by atoms with E-state index in [9.17, 15) is 20.1 Å². The van der Waals surface area contributed by atoms with Gasteiger partial charge in [0, 0.05) is 0 Å². The predicted molar refractivity (Wildman–Crippen MR) is 79.4 cm³/mol. The van der Waals surface area contributed by atoms with Crippen LogP contribution < -0.4 is 11.3 Å². The molecule has 3 rings (SSSR count). The summed E-state index contributed by atoms with van der Waals surface area (Å²) in [6.45, 7) is 3.71. The number of nitrogens with two attached hydrogens (primary N) is 1. The maximum Gasteiger partial charge on any atom is 0.280 e. The monoisotopic (exact) mass is 325 g/mol. The molecule has 1 fully saturated rings. The smallest absolute Gasteiger partial charge is 0.280 e. The zero-order chi connectivity index (χ0) is 17.2. The third-order valence-corrected chi connectivity index (χ3v) is 4.87. The highest BCUT2D eigenvalue weighted by Crippen LogP contribution is 2.51. The van der Waals surface area contributed by atoms with Gasteiger partial charge in [0.15, 0.2) is 17.4 Å². The Bertz CT molecular complexity index is 826. The molecule has 0 amide bonds. The molecule has 0 bridgehead atoms. The molecule has 1 unspecified atom stereocenters. The fourth-order valence-corrected chi connectivity index (χ4v) is 2.89. The van der Waals surface area contributed by atoms with Gasteiger partial charge >= 0.3 is 0 Å². The Balaban J connectivity index is 2.22. The third-order valence-electron chi connectivity index (χ3n) is 4.87. The van der Waals surface area contributed by atoms with Gasteiger partial charge in [-0.25, -0.2) is 4.98 Å². The first-order valence-electron chi connectivity index (χ1n) is 7.01. The summed E-state index contributed by atoms with van der Waals surface area (Å²) >= 11 is 0. The molecule has 0 spiro atoms. The summed E-state index contributed by atoms with van der Waals surface area (Å²) in [5, 5.41) is 31.1. The van der Waals surface area contributed by atoms with Crippen LogP contribution in [0.1, 0.15) is 27.0 Å². The van der Waals surface area contributed by atoms with Crippen LogP contribution >= 0.6 is 0 Å². The van der Waals surface area contributed by atoms with E-state index in [0.29, 0.717) is 0 Å². The highest BCUT2D eigenvalue weighted by Gasteiger charge is 2.67. The van der Waals surface area contributed by atoms with E-state index in [0.717, 1.165) is 0 Å². The van der Waals surface area contributed by atoms with Crippen molar-refractivity contribution in [2.24, 2.45) is 0 Å². The minimum absolute atomic E-state index is 0.0239. The van der Waals surface area contributed by atoms with E-state index in [-0.39, 0.29) is 17.1 Å². The molecule has 2 aromatic rings. The molecular weight excluding hydrogens is 306 g/mol. The number of aliphatic hydroxyl groups excluding tert-OH is 1. The average molecular weight is 325 g/mol. The molecule has 1 aliphatic heterocycles. The Morgan fingerprint density at radius 3 is 2.65 bits per heavy atom. The first kappa shape index (κ1) is 15.9. The number of imidazole rings is 1. The van der Waals surface area contributed by atoms with Gasteiger partial charge in [-0.05, 0) is 20.8 Å². The molecule has 0 saturated carbocycles. The summed E-state index contributed by atoms with van der Waals surface area (Å²) in [6.07, 6.45) is 0.137. The van der Waals surface area contributed by atoms with Crippen LogP contribution in [0, 0.1) is 0 Å². The molecule has 10 nitrogen and oxygen atoms in total. The van der Waals surface area contributed by atoms with E-state index < -0.39 is 35.2 Å². The number of aromatic nitrogens is 4. The predicted octanol–water partition coefficient (Wildman–Crippen LogP) is -1.52. The van der Waals surface area contributed by atoms with E-state index in [1.54, 1.807) is 0 Å². The number of hydrogen-bond acceptors (Lipinski definition) is 8. The van der Waals surface area contributed by atoms with Crippen molar-refractivity contribution in [2.75, 3.05) is 12.3 Å². The number of aromatic amines is 1. The Morgan fingerprint density at radius 2 is 2.09 bits per heavy atom. The highest BCUT2D eigenvalue weighted by atomic mass is 16.6. The lowest BCUT2D eigenvalue weighted by Crippen LogP contribution is -2.60. The second kappa shape index (κ2) is 4.51. The Hall–Kier alpha value is -2.01. The van der Waals surface area contributed by atoms with Gasteiger partial charge in [-0.3, -0.25) is 14.3 Å². The Labute approximate surface area is 130 Å². The van der Waals surface area contributed by atoms with Gasteiger partial charge in [0.2, 0.25) is 5.95 Å². The SMILES string of the molecule is CC1(O)[C@@](C)(CO)O[C@@H](n2cnc3c(=O)[nH]c(N)nc32)[C@@]1(C)O. The van der Waals surface area contributed by atoms with Crippen molar-refractivity contribution in [2.45, 2.75) is 43.8 Å². The van der Waals surface area contributed by atoms with Crippen LogP contribution in [0.3, 0.4) is 0 Å². The van der Waals surface area contributed by atoms with Crippen molar-refractivity contribution < 1.29 is 20.1 Å². The summed E-state index contributed by atoms with van der Waals surface area (Å²) in [5.74, 6) is -0.112. The van der Waals surface area contributed by atoms with E-state index in [1.807, 2.05) is 0 Å². The molecule has 126 valence electrons. The lowest BCUT2D eigenvalue weighted by atomic mass is 9.76. The number of aliphatic hydroxyl groups is 3. The van der Waals surface area contributed by atoms with Gasteiger partial charge in [-0.15, -0.1) is 0 Å². The van der Waals surface area contributed by atoms with Crippen LogP contribution in [0.15, 0.2) is 11.1 Å². The molecule has 3 heterocycles. The number of nitrogens with zero attached hydrogens (tertiary/aromatic N) is 3. The molecule has 1 saturated heterocycles.